The van der Waals surface area contributed by atoms with E-state index in [0.29, 0.717) is 18.1 Å². The van der Waals surface area contributed by atoms with Crippen molar-refractivity contribution in [3.63, 3.8) is 0 Å². The highest BCUT2D eigenvalue weighted by molar-refractivity contribution is 6.04. The number of imidazole rings is 1. The molecule has 1 aliphatic rings. The first kappa shape index (κ1) is 16.3. The SMILES string of the molecule is CN1CC(C(=O)N(C)c2nc3ccccc3n2C)c2ccccc2C1=O. The summed E-state index contributed by atoms with van der Waals surface area (Å²) in [7, 11) is 5.37. The van der Waals surface area contributed by atoms with E-state index in [-0.39, 0.29) is 11.8 Å². The maximum atomic E-state index is 13.3. The Morgan fingerprint density at radius 1 is 1.12 bits per heavy atom. The van der Waals surface area contributed by atoms with Crippen molar-refractivity contribution in [2.24, 2.45) is 7.05 Å². The third-order valence-electron chi connectivity index (χ3n) is 5.06. The van der Waals surface area contributed by atoms with Crippen molar-refractivity contribution in [2.75, 3.05) is 25.5 Å². The van der Waals surface area contributed by atoms with E-state index in [2.05, 4.69) is 4.98 Å². The molecule has 0 saturated heterocycles. The van der Waals surface area contributed by atoms with E-state index in [1.54, 1.807) is 30.0 Å². The van der Waals surface area contributed by atoms with Gasteiger partial charge in [-0.2, -0.15) is 0 Å². The van der Waals surface area contributed by atoms with Crippen LogP contribution in [0.25, 0.3) is 11.0 Å². The second kappa shape index (κ2) is 5.98. The number of anilines is 1. The molecule has 132 valence electrons. The highest BCUT2D eigenvalue weighted by Gasteiger charge is 2.35. The number of hydrogen-bond acceptors (Lipinski definition) is 3. The topological polar surface area (TPSA) is 58.4 Å². The number of amides is 2. The normalized spacial score (nSPS) is 16.7. The number of rotatable bonds is 2. The van der Waals surface area contributed by atoms with Crippen LogP contribution in [0.1, 0.15) is 21.8 Å². The van der Waals surface area contributed by atoms with Gasteiger partial charge >= 0.3 is 0 Å². The molecule has 2 aromatic carbocycles. The van der Waals surface area contributed by atoms with Crippen molar-refractivity contribution in [1.82, 2.24) is 14.5 Å². The Labute approximate surface area is 151 Å². The predicted molar refractivity (Wildman–Crippen MR) is 100 cm³/mol. The maximum Gasteiger partial charge on any atom is 0.253 e. The van der Waals surface area contributed by atoms with Crippen LogP contribution in [0.15, 0.2) is 48.5 Å². The quantitative estimate of drug-likeness (QED) is 0.715. The molecule has 1 aromatic heterocycles. The minimum absolute atomic E-state index is 0.0463. The van der Waals surface area contributed by atoms with Crippen LogP contribution in [0.3, 0.4) is 0 Å². The predicted octanol–water partition coefficient (Wildman–Crippen LogP) is 2.41. The molecular formula is C20H20N4O2. The molecule has 26 heavy (non-hydrogen) atoms. The highest BCUT2D eigenvalue weighted by atomic mass is 16.2. The molecular weight excluding hydrogens is 328 g/mol. The third kappa shape index (κ3) is 2.37. The summed E-state index contributed by atoms with van der Waals surface area (Å²) in [6.45, 7) is 0.364. The molecule has 1 aliphatic heterocycles. The Morgan fingerprint density at radius 3 is 2.58 bits per heavy atom. The van der Waals surface area contributed by atoms with Gasteiger partial charge < -0.3 is 9.47 Å². The van der Waals surface area contributed by atoms with E-state index in [9.17, 15) is 9.59 Å². The van der Waals surface area contributed by atoms with E-state index in [0.717, 1.165) is 16.6 Å². The van der Waals surface area contributed by atoms with E-state index in [1.807, 2.05) is 54.1 Å². The molecule has 6 nitrogen and oxygen atoms in total. The van der Waals surface area contributed by atoms with E-state index < -0.39 is 5.92 Å². The molecule has 0 aliphatic carbocycles. The van der Waals surface area contributed by atoms with Gasteiger partial charge in [-0.15, -0.1) is 0 Å². The zero-order valence-corrected chi connectivity index (χ0v) is 15.0. The minimum Gasteiger partial charge on any atom is -0.341 e. The van der Waals surface area contributed by atoms with Gasteiger partial charge in [0.2, 0.25) is 11.9 Å². The van der Waals surface area contributed by atoms with Crippen LogP contribution in [-0.4, -0.2) is 46.9 Å². The summed E-state index contributed by atoms with van der Waals surface area (Å²) in [5.74, 6) is 0.0668. The molecule has 1 atom stereocenters. The summed E-state index contributed by atoms with van der Waals surface area (Å²) in [5, 5.41) is 0. The van der Waals surface area contributed by atoms with E-state index >= 15 is 0 Å². The molecule has 1 unspecified atom stereocenters. The molecule has 6 heteroatoms. The number of nitrogens with zero attached hydrogens (tertiary/aromatic N) is 4. The number of aromatic nitrogens is 2. The van der Waals surface area contributed by atoms with Gasteiger partial charge in [-0.25, -0.2) is 4.98 Å². The number of carbonyl (C=O) groups is 2. The van der Waals surface area contributed by atoms with Crippen LogP contribution in [0.2, 0.25) is 0 Å². The average molecular weight is 348 g/mol. The largest absolute Gasteiger partial charge is 0.341 e. The number of carbonyl (C=O) groups excluding carboxylic acids is 2. The number of fused-ring (bicyclic) bond motifs is 2. The second-order valence-corrected chi connectivity index (χ2v) is 6.68. The van der Waals surface area contributed by atoms with Crippen molar-refractivity contribution < 1.29 is 9.59 Å². The van der Waals surface area contributed by atoms with Gasteiger partial charge in [0.1, 0.15) is 0 Å². The lowest BCUT2D eigenvalue weighted by Gasteiger charge is -2.33. The summed E-state index contributed by atoms with van der Waals surface area (Å²) < 4.78 is 1.91. The lowest BCUT2D eigenvalue weighted by Crippen LogP contribution is -2.44. The van der Waals surface area contributed by atoms with Crippen LogP contribution in [0, 0.1) is 0 Å². The molecule has 0 fully saturated rings. The first-order valence-electron chi connectivity index (χ1n) is 8.52. The zero-order valence-electron chi connectivity index (χ0n) is 15.0. The Hall–Kier alpha value is -3.15. The first-order valence-corrected chi connectivity index (χ1v) is 8.52. The number of para-hydroxylation sites is 2. The minimum atomic E-state index is -0.404. The fourth-order valence-corrected chi connectivity index (χ4v) is 3.63. The van der Waals surface area contributed by atoms with Crippen molar-refractivity contribution in [2.45, 2.75) is 5.92 Å². The third-order valence-corrected chi connectivity index (χ3v) is 5.06. The maximum absolute atomic E-state index is 13.3. The van der Waals surface area contributed by atoms with Crippen LogP contribution in [0.5, 0.6) is 0 Å². The van der Waals surface area contributed by atoms with Gasteiger partial charge in [-0.05, 0) is 23.8 Å². The van der Waals surface area contributed by atoms with Crippen LogP contribution < -0.4 is 4.90 Å². The van der Waals surface area contributed by atoms with E-state index in [4.69, 9.17) is 0 Å². The monoisotopic (exact) mass is 348 g/mol. The van der Waals surface area contributed by atoms with Crippen LogP contribution in [0.4, 0.5) is 5.95 Å². The summed E-state index contributed by atoms with van der Waals surface area (Å²) >= 11 is 0. The van der Waals surface area contributed by atoms with Crippen molar-refractivity contribution in [1.29, 1.82) is 0 Å². The smallest absolute Gasteiger partial charge is 0.253 e. The van der Waals surface area contributed by atoms with Crippen molar-refractivity contribution in [3.05, 3.63) is 59.7 Å². The average Bonchev–Trinajstić information content (AvgIpc) is 3.00. The number of likely N-dealkylation sites (N-methyl/N-ethyl adjacent to an activating group) is 2. The van der Waals surface area contributed by atoms with Crippen LogP contribution in [-0.2, 0) is 11.8 Å². The summed E-state index contributed by atoms with van der Waals surface area (Å²) in [6, 6.07) is 15.1. The lowest BCUT2D eigenvalue weighted by atomic mass is 9.88. The number of aryl methyl sites for hydroxylation is 1. The lowest BCUT2D eigenvalue weighted by molar-refractivity contribution is -0.120. The Morgan fingerprint density at radius 2 is 1.81 bits per heavy atom. The fourth-order valence-electron chi connectivity index (χ4n) is 3.63. The molecule has 2 heterocycles. The Kier molecular flexibility index (Phi) is 3.76. The van der Waals surface area contributed by atoms with Gasteiger partial charge in [-0.1, -0.05) is 30.3 Å². The Bertz CT molecular complexity index is 1020. The van der Waals surface area contributed by atoms with Crippen molar-refractivity contribution in [3.8, 4) is 0 Å². The molecule has 3 aromatic rings. The molecule has 2 amide bonds. The van der Waals surface area contributed by atoms with Gasteiger partial charge in [0.25, 0.3) is 5.91 Å². The molecule has 4 rings (SSSR count). The van der Waals surface area contributed by atoms with Crippen molar-refractivity contribution >= 4 is 28.8 Å². The summed E-state index contributed by atoms with van der Waals surface area (Å²) in [4.78, 5) is 33.5. The molecule has 0 saturated carbocycles. The number of benzene rings is 2. The second-order valence-electron chi connectivity index (χ2n) is 6.68. The van der Waals surface area contributed by atoms with Crippen LogP contribution >= 0.6 is 0 Å². The first-order chi connectivity index (χ1) is 12.5. The molecule has 0 spiro atoms. The molecule has 0 N–H and O–H groups in total. The summed E-state index contributed by atoms with van der Waals surface area (Å²) in [5.41, 5.74) is 3.20. The van der Waals surface area contributed by atoms with Gasteiger partial charge in [0.15, 0.2) is 0 Å². The van der Waals surface area contributed by atoms with Gasteiger partial charge in [0, 0.05) is 33.3 Å². The zero-order chi connectivity index (χ0) is 18.4. The molecule has 0 radical (unpaired) electrons. The summed E-state index contributed by atoms with van der Waals surface area (Å²) in [6.07, 6.45) is 0. The number of hydrogen-bond donors (Lipinski definition) is 0. The van der Waals surface area contributed by atoms with Gasteiger partial charge in [0.05, 0.1) is 17.0 Å². The van der Waals surface area contributed by atoms with Gasteiger partial charge in [-0.3, -0.25) is 14.5 Å². The standard InChI is InChI=1S/C20H20N4O2/c1-22-12-15(13-8-4-5-9-14(13)18(22)25)19(26)24(3)20-21-16-10-6-7-11-17(16)23(20)2/h4-11,15H,12H2,1-3H3. The fraction of sp³-hybridized carbons (Fsp3) is 0.250. The molecule has 0 bridgehead atoms. The Balaban J connectivity index is 1.74. The highest BCUT2D eigenvalue weighted by Crippen LogP contribution is 2.30. The van der Waals surface area contributed by atoms with E-state index in [1.165, 1.54) is 0 Å².